The lowest BCUT2D eigenvalue weighted by Gasteiger charge is -2.18. The normalized spacial score (nSPS) is 19.4. The highest BCUT2D eigenvalue weighted by Crippen LogP contribution is 2.36. The zero-order valence-corrected chi connectivity index (χ0v) is 16.7. The van der Waals surface area contributed by atoms with Crippen molar-refractivity contribution < 1.29 is 9.53 Å². The van der Waals surface area contributed by atoms with Gasteiger partial charge in [0.1, 0.15) is 11.5 Å². The summed E-state index contributed by atoms with van der Waals surface area (Å²) in [5, 5.41) is 0. The van der Waals surface area contributed by atoms with Crippen molar-refractivity contribution in [3.63, 3.8) is 0 Å². The van der Waals surface area contributed by atoms with Crippen LogP contribution in [0.2, 0.25) is 0 Å². The fourth-order valence-electron chi connectivity index (χ4n) is 4.11. The standard InChI is InChI=1S/C23H34O2/c1-6-7-8-9-10-11-20-12-13-21(24)22(20)19(5)25-23-17(3)14-16(2)15-18(23)4/h14-15,20H,6-13H2,1-5H3/b22-19+. The van der Waals surface area contributed by atoms with E-state index in [1.54, 1.807) is 0 Å². The molecule has 2 nitrogen and oxygen atoms in total. The molecule has 1 saturated carbocycles. The quantitative estimate of drug-likeness (QED) is 0.302. The van der Waals surface area contributed by atoms with Gasteiger partial charge in [-0.05, 0) is 57.6 Å². The van der Waals surface area contributed by atoms with Gasteiger partial charge in [-0.15, -0.1) is 0 Å². The average molecular weight is 343 g/mol. The number of rotatable bonds is 8. The first-order chi connectivity index (χ1) is 11.9. The molecule has 25 heavy (non-hydrogen) atoms. The second-order valence-electron chi connectivity index (χ2n) is 7.66. The van der Waals surface area contributed by atoms with E-state index in [2.05, 4.69) is 39.8 Å². The Kier molecular flexibility index (Phi) is 7.28. The summed E-state index contributed by atoms with van der Waals surface area (Å²) in [4.78, 5) is 12.4. The van der Waals surface area contributed by atoms with Crippen LogP contribution in [0.5, 0.6) is 5.75 Å². The van der Waals surface area contributed by atoms with Crippen LogP contribution < -0.4 is 4.74 Å². The summed E-state index contributed by atoms with van der Waals surface area (Å²) in [6.07, 6.45) is 9.20. The van der Waals surface area contributed by atoms with Crippen LogP contribution in [0.3, 0.4) is 0 Å². The topological polar surface area (TPSA) is 26.3 Å². The lowest BCUT2D eigenvalue weighted by molar-refractivity contribution is -0.114. The fraction of sp³-hybridized carbons (Fsp3) is 0.609. The van der Waals surface area contributed by atoms with Crippen molar-refractivity contribution in [1.29, 1.82) is 0 Å². The van der Waals surface area contributed by atoms with E-state index in [-0.39, 0.29) is 0 Å². The van der Waals surface area contributed by atoms with Gasteiger partial charge in [-0.1, -0.05) is 56.7 Å². The molecule has 0 bridgehead atoms. The van der Waals surface area contributed by atoms with Crippen molar-refractivity contribution in [3.8, 4) is 5.75 Å². The van der Waals surface area contributed by atoms with Gasteiger partial charge in [-0.3, -0.25) is 4.79 Å². The van der Waals surface area contributed by atoms with E-state index in [0.29, 0.717) is 18.1 Å². The van der Waals surface area contributed by atoms with Crippen molar-refractivity contribution >= 4 is 5.78 Å². The molecule has 0 amide bonds. The SMILES string of the molecule is CCCCCCCC1CCC(=O)/C1=C(\C)Oc1c(C)cc(C)cc1C. The van der Waals surface area contributed by atoms with Crippen LogP contribution in [0.25, 0.3) is 0 Å². The van der Waals surface area contributed by atoms with Gasteiger partial charge in [0.2, 0.25) is 0 Å². The van der Waals surface area contributed by atoms with Gasteiger partial charge < -0.3 is 4.74 Å². The van der Waals surface area contributed by atoms with Crippen molar-refractivity contribution in [2.45, 2.75) is 86.0 Å². The molecule has 0 aromatic heterocycles. The average Bonchev–Trinajstić information content (AvgIpc) is 2.91. The summed E-state index contributed by atoms with van der Waals surface area (Å²) in [5.74, 6) is 2.41. The van der Waals surface area contributed by atoms with Crippen molar-refractivity contribution in [3.05, 3.63) is 40.2 Å². The first-order valence-electron chi connectivity index (χ1n) is 9.93. The number of hydrogen-bond acceptors (Lipinski definition) is 2. The summed E-state index contributed by atoms with van der Waals surface area (Å²) in [7, 11) is 0. The first kappa shape index (κ1) is 19.8. The molecule has 0 N–H and O–H groups in total. The highest BCUT2D eigenvalue weighted by Gasteiger charge is 2.31. The third-order valence-electron chi connectivity index (χ3n) is 5.32. The van der Waals surface area contributed by atoms with Crippen LogP contribution in [0.1, 0.15) is 81.9 Å². The molecule has 2 heteroatoms. The van der Waals surface area contributed by atoms with Crippen LogP contribution in [-0.2, 0) is 4.79 Å². The third kappa shape index (κ3) is 5.20. The summed E-state index contributed by atoms with van der Waals surface area (Å²) in [5.41, 5.74) is 4.47. The highest BCUT2D eigenvalue weighted by molar-refractivity contribution is 5.98. The minimum absolute atomic E-state index is 0.290. The number of carbonyl (C=O) groups is 1. The Morgan fingerprint density at radius 1 is 1.08 bits per heavy atom. The minimum Gasteiger partial charge on any atom is -0.461 e. The van der Waals surface area contributed by atoms with Crippen molar-refractivity contribution in [1.82, 2.24) is 0 Å². The number of carbonyl (C=O) groups excluding carboxylic acids is 1. The second-order valence-corrected chi connectivity index (χ2v) is 7.66. The molecule has 0 aliphatic heterocycles. The van der Waals surface area contributed by atoms with E-state index < -0.39 is 0 Å². The number of benzene rings is 1. The van der Waals surface area contributed by atoms with Gasteiger partial charge in [0.25, 0.3) is 0 Å². The molecule has 1 atom stereocenters. The van der Waals surface area contributed by atoms with Gasteiger partial charge in [0, 0.05) is 12.0 Å². The fourth-order valence-corrected chi connectivity index (χ4v) is 4.11. The smallest absolute Gasteiger partial charge is 0.162 e. The van der Waals surface area contributed by atoms with Crippen LogP contribution >= 0.6 is 0 Å². The molecule has 1 aromatic rings. The molecule has 0 heterocycles. The molecule has 1 fully saturated rings. The van der Waals surface area contributed by atoms with Gasteiger partial charge in [0.15, 0.2) is 5.78 Å². The largest absolute Gasteiger partial charge is 0.461 e. The zero-order chi connectivity index (χ0) is 18.4. The molecule has 0 radical (unpaired) electrons. The van der Waals surface area contributed by atoms with Gasteiger partial charge in [-0.2, -0.15) is 0 Å². The molecule has 0 saturated heterocycles. The van der Waals surface area contributed by atoms with Gasteiger partial charge in [-0.25, -0.2) is 0 Å². The number of hydrogen-bond donors (Lipinski definition) is 0. The Morgan fingerprint density at radius 2 is 1.72 bits per heavy atom. The summed E-state index contributed by atoms with van der Waals surface area (Å²) in [6.45, 7) is 10.5. The van der Waals surface area contributed by atoms with Gasteiger partial charge >= 0.3 is 0 Å². The number of ether oxygens (including phenoxy) is 1. The summed E-state index contributed by atoms with van der Waals surface area (Å²) in [6, 6.07) is 4.28. The number of Topliss-reactive ketones (excluding diaryl/α,β-unsaturated/α-hetero) is 1. The number of ketones is 1. The minimum atomic E-state index is 0.290. The van der Waals surface area contributed by atoms with Gasteiger partial charge in [0.05, 0.1) is 0 Å². The molecule has 1 unspecified atom stereocenters. The van der Waals surface area contributed by atoms with E-state index in [1.807, 2.05) is 6.92 Å². The maximum absolute atomic E-state index is 12.4. The number of allylic oxidation sites excluding steroid dienone is 2. The Hall–Kier alpha value is -1.57. The van der Waals surface area contributed by atoms with Crippen LogP contribution in [-0.4, -0.2) is 5.78 Å². The first-order valence-corrected chi connectivity index (χ1v) is 9.93. The predicted molar refractivity (Wildman–Crippen MR) is 105 cm³/mol. The molecule has 0 spiro atoms. The summed E-state index contributed by atoms with van der Waals surface area (Å²) >= 11 is 0. The maximum atomic E-state index is 12.4. The van der Waals surface area contributed by atoms with E-state index in [9.17, 15) is 4.79 Å². The lowest BCUT2D eigenvalue weighted by Crippen LogP contribution is -2.09. The number of aryl methyl sites for hydroxylation is 3. The molecule has 2 rings (SSSR count). The monoisotopic (exact) mass is 342 g/mol. The third-order valence-corrected chi connectivity index (χ3v) is 5.32. The van der Waals surface area contributed by atoms with Crippen molar-refractivity contribution in [2.75, 3.05) is 0 Å². The lowest BCUT2D eigenvalue weighted by atomic mass is 9.94. The Balaban J connectivity index is 2.10. The molecular formula is C23H34O2. The van der Waals surface area contributed by atoms with E-state index >= 15 is 0 Å². The highest BCUT2D eigenvalue weighted by atomic mass is 16.5. The summed E-state index contributed by atoms with van der Waals surface area (Å²) < 4.78 is 6.22. The van der Waals surface area contributed by atoms with Crippen LogP contribution in [0.15, 0.2) is 23.5 Å². The molecule has 138 valence electrons. The van der Waals surface area contributed by atoms with Crippen LogP contribution in [0.4, 0.5) is 0 Å². The molecule has 1 aliphatic rings. The predicted octanol–water partition coefficient (Wildman–Crippen LogP) is 6.60. The Labute approximate surface area is 153 Å². The Bertz CT molecular complexity index is 616. The van der Waals surface area contributed by atoms with E-state index in [0.717, 1.165) is 41.1 Å². The molecule has 1 aromatic carbocycles. The second kappa shape index (κ2) is 9.22. The maximum Gasteiger partial charge on any atom is 0.162 e. The van der Waals surface area contributed by atoms with E-state index in [4.69, 9.17) is 4.74 Å². The van der Waals surface area contributed by atoms with E-state index in [1.165, 1.54) is 37.7 Å². The Morgan fingerprint density at radius 3 is 2.36 bits per heavy atom. The zero-order valence-electron chi connectivity index (χ0n) is 16.7. The molecule has 1 aliphatic carbocycles. The number of unbranched alkanes of at least 4 members (excludes halogenated alkanes) is 4. The molecular weight excluding hydrogens is 308 g/mol. The van der Waals surface area contributed by atoms with Crippen molar-refractivity contribution in [2.24, 2.45) is 5.92 Å². The van der Waals surface area contributed by atoms with Crippen LogP contribution in [0, 0.1) is 26.7 Å².